The lowest BCUT2D eigenvalue weighted by molar-refractivity contribution is -0.163. The summed E-state index contributed by atoms with van der Waals surface area (Å²) in [4.78, 5) is 12.5. The maximum absolute atomic E-state index is 12.5. The van der Waals surface area contributed by atoms with Crippen LogP contribution in [0.2, 0.25) is 0 Å². The van der Waals surface area contributed by atoms with Crippen LogP contribution in [0.3, 0.4) is 0 Å². The van der Waals surface area contributed by atoms with Gasteiger partial charge in [0, 0.05) is 7.11 Å². The highest BCUT2D eigenvalue weighted by atomic mass is 16.5. The van der Waals surface area contributed by atoms with Crippen LogP contribution in [0.5, 0.6) is 0 Å². The van der Waals surface area contributed by atoms with Gasteiger partial charge < -0.3 is 9.47 Å². The molecule has 2 rings (SSSR count). The van der Waals surface area contributed by atoms with Gasteiger partial charge in [-0.05, 0) is 44.6 Å². The standard InChI is InChI=1S/C17H24O3/c1-3-20-16(18)17(12-7-10-15(17)19-2)13-11-14-8-5-4-6-9-14/h4-6,8-9,15H,3,7,10-13H2,1-2H3. The van der Waals surface area contributed by atoms with Crippen molar-refractivity contribution in [3.05, 3.63) is 35.9 Å². The Hall–Kier alpha value is -1.35. The fourth-order valence-corrected chi connectivity index (χ4v) is 3.29. The predicted octanol–water partition coefficient (Wildman–Crippen LogP) is 3.37. The second-order valence-electron chi connectivity index (χ2n) is 5.48. The largest absolute Gasteiger partial charge is 0.465 e. The van der Waals surface area contributed by atoms with Gasteiger partial charge in [0.15, 0.2) is 0 Å². The van der Waals surface area contributed by atoms with Crippen molar-refractivity contribution in [3.63, 3.8) is 0 Å². The third-order valence-electron chi connectivity index (χ3n) is 4.37. The molecule has 0 heterocycles. The van der Waals surface area contributed by atoms with Crippen LogP contribution < -0.4 is 0 Å². The van der Waals surface area contributed by atoms with Crippen LogP contribution in [0, 0.1) is 5.41 Å². The number of hydrogen-bond donors (Lipinski definition) is 0. The van der Waals surface area contributed by atoms with E-state index >= 15 is 0 Å². The maximum atomic E-state index is 12.5. The quantitative estimate of drug-likeness (QED) is 0.747. The normalized spacial score (nSPS) is 25.6. The Morgan fingerprint density at radius 3 is 2.75 bits per heavy atom. The van der Waals surface area contributed by atoms with Crippen molar-refractivity contribution in [1.82, 2.24) is 0 Å². The molecule has 3 nitrogen and oxygen atoms in total. The van der Waals surface area contributed by atoms with Crippen LogP contribution in [0.15, 0.2) is 30.3 Å². The van der Waals surface area contributed by atoms with Crippen LogP contribution in [0.25, 0.3) is 0 Å². The molecule has 1 fully saturated rings. The van der Waals surface area contributed by atoms with E-state index in [0.717, 1.165) is 32.1 Å². The topological polar surface area (TPSA) is 35.5 Å². The Kier molecular flexibility index (Phi) is 5.18. The van der Waals surface area contributed by atoms with Crippen LogP contribution in [0.1, 0.15) is 38.2 Å². The predicted molar refractivity (Wildman–Crippen MR) is 78.5 cm³/mol. The first-order chi connectivity index (χ1) is 9.73. The molecule has 0 amide bonds. The molecule has 0 saturated heterocycles. The van der Waals surface area contributed by atoms with Crippen molar-refractivity contribution in [2.75, 3.05) is 13.7 Å². The monoisotopic (exact) mass is 276 g/mol. The Bertz CT molecular complexity index is 429. The molecular weight excluding hydrogens is 252 g/mol. The third kappa shape index (κ3) is 3.04. The van der Waals surface area contributed by atoms with Gasteiger partial charge in [0.25, 0.3) is 0 Å². The number of methoxy groups -OCH3 is 1. The first-order valence-corrected chi connectivity index (χ1v) is 7.47. The van der Waals surface area contributed by atoms with Gasteiger partial charge in [0.2, 0.25) is 0 Å². The van der Waals surface area contributed by atoms with Gasteiger partial charge in [-0.15, -0.1) is 0 Å². The number of aryl methyl sites for hydroxylation is 1. The molecule has 1 saturated carbocycles. The number of carbonyl (C=O) groups excluding carboxylic acids is 1. The van der Waals surface area contributed by atoms with Crippen molar-refractivity contribution in [3.8, 4) is 0 Å². The molecule has 2 unspecified atom stereocenters. The lowest BCUT2D eigenvalue weighted by Gasteiger charge is -2.32. The van der Waals surface area contributed by atoms with E-state index < -0.39 is 5.41 Å². The number of benzene rings is 1. The van der Waals surface area contributed by atoms with Crippen LogP contribution in [-0.4, -0.2) is 25.8 Å². The summed E-state index contributed by atoms with van der Waals surface area (Å²) in [5.74, 6) is -0.0831. The van der Waals surface area contributed by atoms with Gasteiger partial charge in [-0.2, -0.15) is 0 Å². The number of rotatable bonds is 6. The van der Waals surface area contributed by atoms with E-state index in [1.54, 1.807) is 7.11 Å². The molecule has 110 valence electrons. The summed E-state index contributed by atoms with van der Waals surface area (Å²) in [6.07, 6.45) is 4.53. The molecule has 1 aliphatic carbocycles. The molecule has 1 aliphatic rings. The molecule has 0 radical (unpaired) electrons. The van der Waals surface area contributed by atoms with Crippen molar-refractivity contribution in [2.24, 2.45) is 5.41 Å². The molecule has 0 aliphatic heterocycles. The lowest BCUT2D eigenvalue weighted by Crippen LogP contribution is -2.41. The van der Waals surface area contributed by atoms with E-state index in [1.165, 1.54) is 5.56 Å². The SMILES string of the molecule is CCOC(=O)C1(CCc2ccccc2)CCCC1OC. The fraction of sp³-hybridized carbons (Fsp3) is 0.588. The van der Waals surface area contributed by atoms with E-state index in [-0.39, 0.29) is 12.1 Å². The summed E-state index contributed by atoms with van der Waals surface area (Å²) in [6, 6.07) is 10.3. The van der Waals surface area contributed by atoms with E-state index in [0.29, 0.717) is 6.61 Å². The Morgan fingerprint density at radius 1 is 1.35 bits per heavy atom. The zero-order valence-corrected chi connectivity index (χ0v) is 12.4. The third-order valence-corrected chi connectivity index (χ3v) is 4.37. The van der Waals surface area contributed by atoms with Crippen LogP contribution >= 0.6 is 0 Å². The summed E-state index contributed by atoms with van der Waals surface area (Å²) in [6.45, 7) is 2.29. The Morgan fingerprint density at radius 2 is 2.10 bits per heavy atom. The molecule has 0 spiro atoms. The van der Waals surface area contributed by atoms with Gasteiger partial charge in [-0.1, -0.05) is 30.3 Å². The molecular formula is C17H24O3. The molecule has 1 aromatic rings. The van der Waals surface area contributed by atoms with Gasteiger partial charge in [0.1, 0.15) is 0 Å². The molecule has 3 heteroatoms. The Balaban J connectivity index is 2.12. The zero-order valence-electron chi connectivity index (χ0n) is 12.4. The second kappa shape index (κ2) is 6.89. The minimum Gasteiger partial charge on any atom is -0.465 e. The van der Waals surface area contributed by atoms with Crippen molar-refractivity contribution >= 4 is 5.97 Å². The lowest BCUT2D eigenvalue weighted by atomic mass is 9.78. The molecule has 0 N–H and O–H groups in total. The smallest absolute Gasteiger partial charge is 0.314 e. The Labute approximate surface area is 121 Å². The highest BCUT2D eigenvalue weighted by molar-refractivity contribution is 5.78. The average molecular weight is 276 g/mol. The number of hydrogen-bond acceptors (Lipinski definition) is 3. The van der Waals surface area contributed by atoms with Gasteiger partial charge in [0.05, 0.1) is 18.1 Å². The molecule has 0 aromatic heterocycles. The van der Waals surface area contributed by atoms with E-state index in [1.807, 2.05) is 25.1 Å². The van der Waals surface area contributed by atoms with Crippen molar-refractivity contribution in [2.45, 2.75) is 45.1 Å². The number of carbonyl (C=O) groups is 1. The fourth-order valence-electron chi connectivity index (χ4n) is 3.29. The molecule has 2 atom stereocenters. The van der Waals surface area contributed by atoms with E-state index in [2.05, 4.69) is 12.1 Å². The highest BCUT2D eigenvalue weighted by Gasteiger charge is 2.50. The van der Waals surface area contributed by atoms with Crippen molar-refractivity contribution in [1.29, 1.82) is 0 Å². The highest BCUT2D eigenvalue weighted by Crippen LogP contribution is 2.44. The first kappa shape index (κ1) is 15.0. The minimum atomic E-state index is -0.458. The minimum absolute atomic E-state index is 0.00902. The molecule has 1 aromatic carbocycles. The van der Waals surface area contributed by atoms with Crippen molar-refractivity contribution < 1.29 is 14.3 Å². The second-order valence-corrected chi connectivity index (χ2v) is 5.48. The van der Waals surface area contributed by atoms with Gasteiger partial charge >= 0.3 is 5.97 Å². The maximum Gasteiger partial charge on any atom is 0.314 e. The zero-order chi connectivity index (χ0) is 14.4. The summed E-state index contributed by atoms with van der Waals surface area (Å²) in [5.41, 5.74) is 0.804. The van der Waals surface area contributed by atoms with Crippen LogP contribution in [0.4, 0.5) is 0 Å². The summed E-state index contributed by atoms with van der Waals surface area (Å²) in [5, 5.41) is 0. The number of esters is 1. The average Bonchev–Trinajstić information content (AvgIpc) is 2.90. The van der Waals surface area contributed by atoms with Crippen LogP contribution in [-0.2, 0) is 20.7 Å². The van der Waals surface area contributed by atoms with E-state index in [4.69, 9.17) is 9.47 Å². The molecule has 20 heavy (non-hydrogen) atoms. The number of ether oxygens (including phenoxy) is 2. The first-order valence-electron chi connectivity index (χ1n) is 7.47. The summed E-state index contributed by atoms with van der Waals surface area (Å²) >= 11 is 0. The molecule has 0 bridgehead atoms. The van der Waals surface area contributed by atoms with E-state index in [9.17, 15) is 4.79 Å². The van der Waals surface area contributed by atoms with Gasteiger partial charge in [-0.3, -0.25) is 4.79 Å². The summed E-state index contributed by atoms with van der Waals surface area (Å²) < 4.78 is 10.9. The van der Waals surface area contributed by atoms with Gasteiger partial charge in [-0.25, -0.2) is 0 Å². The summed E-state index contributed by atoms with van der Waals surface area (Å²) in [7, 11) is 1.70.